The van der Waals surface area contributed by atoms with Crippen molar-refractivity contribution in [2.24, 2.45) is 0 Å². The Hall–Kier alpha value is -1.40. The summed E-state index contributed by atoms with van der Waals surface area (Å²) in [7, 11) is -3.57. The van der Waals surface area contributed by atoms with Gasteiger partial charge in [0.1, 0.15) is 0 Å². The van der Waals surface area contributed by atoms with Crippen molar-refractivity contribution in [1.29, 1.82) is 0 Å². The number of nitrogens with zero attached hydrogens (tertiary/aromatic N) is 1. The fraction of sp³-hybridized carbons (Fsp3) is 0.438. The average Bonchev–Trinajstić information content (AvgIpc) is 2.98. The van der Waals surface area contributed by atoms with E-state index in [-0.39, 0.29) is 10.3 Å². The van der Waals surface area contributed by atoms with Gasteiger partial charge in [0, 0.05) is 4.88 Å². The Balaban J connectivity index is 1.83. The lowest BCUT2D eigenvalue weighted by molar-refractivity contribution is 0.587. The topological polar surface area (TPSA) is 59.1 Å². The van der Waals surface area contributed by atoms with Gasteiger partial charge in [-0.05, 0) is 42.4 Å². The Kier molecular flexibility index (Phi) is 3.77. The summed E-state index contributed by atoms with van der Waals surface area (Å²) in [5.41, 5.74) is 2.16. The van der Waals surface area contributed by atoms with Crippen molar-refractivity contribution in [3.8, 4) is 0 Å². The maximum absolute atomic E-state index is 12.4. The van der Waals surface area contributed by atoms with Gasteiger partial charge in [0.15, 0.2) is 5.13 Å². The van der Waals surface area contributed by atoms with Crippen molar-refractivity contribution in [3.63, 3.8) is 0 Å². The molecule has 1 aliphatic rings. The van der Waals surface area contributed by atoms with E-state index in [1.165, 1.54) is 16.2 Å². The smallest absolute Gasteiger partial charge is 0.255 e. The van der Waals surface area contributed by atoms with Crippen LogP contribution in [-0.2, 0) is 28.3 Å². The highest BCUT2D eigenvalue weighted by Crippen LogP contribution is 2.31. The molecule has 1 heterocycles. The van der Waals surface area contributed by atoms with Crippen molar-refractivity contribution >= 4 is 26.5 Å². The van der Waals surface area contributed by atoms with Gasteiger partial charge in [-0.2, -0.15) is 0 Å². The predicted octanol–water partition coefficient (Wildman–Crippen LogP) is 3.73. The molecule has 1 aliphatic carbocycles. The van der Waals surface area contributed by atoms with Crippen molar-refractivity contribution in [2.45, 2.75) is 50.3 Å². The molecule has 22 heavy (non-hydrogen) atoms. The normalized spacial score (nSPS) is 14.9. The molecule has 0 radical (unpaired) electrons. The Morgan fingerprint density at radius 2 is 1.82 bits per heavy atom. The quantitative estimate of drug-likeness (QED) is 0.929. The van der Waals surface area contributed by atoms with Crippen LogP contribution in [0.2, 0.25) is 0 Å². The van der Waals surface area contributed by atoms with Crippen LogP contribution in [0.25, 0.3) is 0 Å². The fourth-order valence-corrected chi connectivity index (χ4v) is 4.83. The SMILES string of the molecule is CC(C)(C)c1ccc(S(=O)(=O)Nc2nc3c(s2)CCC3)cc1. The molecule has 2 aromatic rings. The highest BCUT2D eigenvalue weighted by Gasteiger charge is 2.21. The highest BCUT2D eigenvalue weighted by molar-refractivity contribution is 7.93. The number of hydrogen-bond acceptors (Lipinski definition) is 4. The lowest BCUT2D eigenvalue weighted by Crippen LogP contribution is -2.14. The van der Waals surface area contributed by atoms with Gasteiger partial charge in [0.05, 0.1) is 10.6 Å². The van der Waals surface area contributed by atoms with Crippen molar-refractivity contribution in [3.05, 3.63) is 40.4 Å². The number of aryl methyl sites for hydroxylation is 2. The fourth-order valence-electron chi connectivity index (χ4n) is 2.54. The van der Waals surface area contributed by atoms with Gasteiger partial charge in [0.25, 0.3) is 10.0 Å². The minimum atomic E-state index is -3.57. The molecule has 0 fully saturated rings. The molecule has 0 atom stereocenters. The Morgan fingerprint density at radius 3 is 2.41 bits per heavy atom. The average molecular weight is 336 g/mol. The van der Waals surface area contributed by atoms with Gasteiger partial charge in [-0.1, -0.05) is 32.9 Å². The van der Waals surface area contributed by atoms with E-state index in [1.54, 1.807) is 12.1 Å². The first-order valence-electron chi connectivity index (χ1n) is 7.38. The summed E-state index contributed by atoms with van der Waals surface area (Å²) in [5, 5.41) is 0.476. The molecule has 0 unspecified atom stereocenters. The number of fused-ring (bicyclic) bond motifs is 1. The van der Waals surface area contributed by atoms with E-state index in [1.807, 2.05) is 12.1 Å². The Morgan fingerprint density at radius 1 is 1.14 bits per heavy atom. The summed E-state index contributed by atoms with van der Waals surface area (Å²) in [5.74, 6) is 0. The molecule has 1 aromatic carbocycles. The van der Waals surface area contributed by atoms with E-state index >= 15 is 0 Å². The van der Waals surface area contributed by atoms with E-state index in [0.29, 0.717) is 5.13 Å². The van der Waals surface area contributed by atoms with Crippen molar-refractivity contribution in [2.75, 3.05) is 4.72 Å². The third-order valence-electron chi connectivity index (χ3n) is 3.85. The third-order valence-corrected chi connectivity index (χ3v) is 6.40. The third kappa shape index (κ3) is 3.03. The molecule has 0 aliphatic heterocycles. The largest absolute Gasteiger partial charge is 0.263 e. The minimum absolute atomic E-state index is 0.00579. The standard InChI is InChI=1S/C16H20N2O2S2/c1-16(2,3)11-7-9-12(10-8-11)22(19,20)18-15-17-13-5-4-6-14(13)21-15/h7-10H,4-6H2,1-3H3,(H,17,18). The number of thiazole rings is 1. The van der Waals surface area contributed by atoms with Gasteiger partial charge in [-0.3, -0.25) is 4.72 Å². The van der Waals surface area contributed by atoms with Gasteiger partial charge < -0.3 is 0 Å². The van der Waals surface area contributed by atoms with E-state index in [2.05, 4.69) is 30.5 Å². The highest BCUT2D eigenvalue weighted by atomic mass is 32.2. The minimum Gasteiger partial charge on any atom is -0.255 e. The Labute approximate surface area is 135 Å². The summed E-state index contributed by atoms with van der Waals surface area (Å²) < 4.78 is 27.5. The number of sulfonamides is 1. The zero-order valence-electron chi connectivity index (χ0n) is 13.0. The first-order chi connectivity index (χ1) is 10.3. The zero-order valence-corrected chi connectivity index (χ0v) is 14.6. The van der Waals surface area contributed by atoms with Crippen LogP contribution in [0.1, 0.15) is 43.3 Å². The lowest BCUT2D eigenvalue weighted by atomic mass is 9.87. The van der Waals surface area contributed by atoms with Crippen LogP contribution >= 0.6 is 11.3 Å². The van der Waals surface area contributed by atoms with Crippen LogP contribution in [0.15, 0.2) is 29.2 Å². The second kappa shape index (κ2) is 5.35. The van der Waals surface area contributed by atoms with Crippen LogP contribution in [0.4, 0.5) is 5.13 Å². The Bertz CT molecular complexity index is 763. The maximum atomic E-state index is 12.4. The number of anilines is 1. The number of aromatic nitrogens is 1. The monoisotopic (exact) mass is 336 g/mol. The van der Waals surface area contributed by atoms with Crippen LogP contribution in [-0.4, -0.2) is 13.4 Å². The molecule has 1 aromatic heterocycles. The molecule has 0 saturated carbocycles. The van der Waals surface area contributed by atoms with Gasteiger partial charge in [-0.15, -0.1) is 11.3 Å². The van der Waals surface area contributed by atoms with E-state index in [4.69, 9.17) is 0 Å². The van der Waals surface area contributed by atoms with Gasteiger partial charge in [0.2, 0.25) is 0 Å². The van der Waals surface area contributed by atoms with Crippen LogP contribution < -0.4 is 4.72 Å². The summed E-state index contributed by atoms with van der Waals surface area (Å²) >= 11 is 1.45. The molecule has 4 nitrogen and oxygen atoms in total. The van der Waals surface area contributed by atoms with Crippen molar-refractivity contribution in [1.82, 2.24) is 4.98 Å². The lowest BCUT2D eigenvalue weighted by Gasteiger charge is -2.19. The number of rotatable bonds is 3. The molecular formula is C16H20N2O2S2. The second-order valence-corrected chi connectivity index (χ2v) is 9.39. The van der Waals surface area contributed by atoms with Crippen LogP contribution in [0.5, 0.6) is 0 Å². The number of benzene rings is 1. The molecule has 0 spiro atoms. The summed E-state index contributed by atoms with van der Waals surface area (Å²) in [6.45, 7) is 6.31. The molecule has 0 bridgehead atoms. The van der Waals surface area contributed by atoms with E-state index < -0.39 is 10.0 Å². The van der Waals surface area contributed by atoms with Crippen LogP contribution in [0, 0.1) is 0 Å². The first kappa shape index (κ1) is 15.5. The van der Waals surface area contributed by atoms with E-state index in [9.17, 15) is 8.42 Å². The molecule has 0 saturated heterocycles. The number of hydrogen-bond donors (Lipinski definition) is 1. The van der Waals surface area contributed by atoms with Gasteiger partial charge in [-0.25, -0.2) is 13.4 Å². The second-order valence-electron chi connectivity index (χ2n) is 6.62. The summed E-state index contributed by atoms with van der Waals surface area (Å²) in [6, 6.07) is 7.06. The predicted molar refractivity (Wildman–Crippen MR) is 90.1 cm³/mol. The maximum Gasteiger partial charge on any atom is 0.263 e. The van der Waals surface area contributed by atoms with Crippen LogP contribution in [0.3, 0.4) is 0 Å². The molecule has 0 amide bonds. The molecule has 1 N–H and O–H groups in total. The van der Waals surface area contributed by atoms with Crippen molar-refractivity contribution < 1.29 is 8.42 Å². The molecule has 118 valence electrons. The zero-order chi connectivity index (χ0) is 16.0. The summed E-state index contributed by atoms with van der Waals surface area (Å²) in [6.07, 6.45) is 3.08. The number of nitrogens with one attached hydrogen (secondary N) is 1. The first-order valence-corrected chi connectivity index (χ1v) is 9.68. The molecule has 6 heteroatoms. The van der Waals surface area contributed by atoms with E-state index in [0.717, 1.165) is 30.5 Å². The summed E-state index contributed by atoms with van der Waals surface area (Å²) in [4.78, 5) is 5.87. The molecule has 3 rings (SSSR count). The molecular weight excluding hydrogens is 316 g/mol. The van der Waals surface area contributed by atoms with Gasteiger partial charge >= 0.3 is 0 Å².